The number of hydrogen-bond donors (Lipinski definition) is 2. The van der Waals surface area contributed by atoms with Gasteiger partial charge in [0.25, 0.3) is 0 Å². The number of aromatic nitrogens is 1. The lowest BCUT2D eigenvalue weighted by Crippen LogP contribution is -2.42. The maximum Gasteiger partial charge on any atom is 0.417 e. The predicted molar refractivity (Wildman–Crippen MR) is 99.2 cm³/mol. The van der Waals surface area contributed by atoms with Gasteiger partial charge in [0, 0.05) is 18.0 Å². The second-order valence-electron chi connectivity index (χ2n) is 6.33. The second-order valence-corrected chi connectivity index (χ2v) is 6.74. The number of pyridine rings is 1. The number of nitrogens with zero attached hydrogens (tertiary/aromatic N) is 3. The zero-order valence-corrected chi connectivity index (χ0v) is 15.7. The van der Waals surface area contributed by atoms with Gasteiger partial charge in [-0.1, -0.05) is 12.2 Å². The highest BCUT2D eigenvalue weighted by molar-refractivity contribution is 7.80. The zero-order chi connectivity index (χ0) is 21.1. The molecule has 1 fully saturated rings. The molecule has 1 saturated heterocycles. The average Bonchev–Trinajstić information content (AvgIpc) is 2.90. The number of anilines is 1. The third-order valence-corrected chi connectivity index (χ3v) is 4.72. The Morgan fingerprint density at radius 3 is 2.39 bits per heavy atom. The van der Waals surface area contributed by atoms with Crippen LogP contribution >= 0.6 is 12.2 Å². The Morgan fingerprint density at radius 2 is 1.96 bits per heavy atom. The number of aromatic hydroxyl groups is 1. The molecule has 2 N–H and O–H groups in total. The molecule has 0 unspecified atom stereocenters. The zero-order valence-electron chi connectivity index (χ0n) is 14.9. The summed E-state index contributed by atoms with van der Waals surface area (Å²) in [6.45, 7) is 4.50. The Morgan fingerprint density at radius 1 is 1.29 bits per heavy atom. The SMILES string of the molecule is CC1(C)C(=S)NCN1c1ccc(O)c(F)c1.N#Cc1ccc(C(F)(F)F)cn1. The van der Waals surface area contributed by atoms with Crippen LogP contribution in [-0.2, 0) is 6.18 Å². The van der Waals surface area contributed by atoms with Crippen LogP contribution in [0.3, 0.4) is 0 Å². The summed E-state index contributed by atoms with van der Waals surface area (Å²) in [5.41, 5.74) is -0.504. The van der Waals surface area contributed by atoms with Crippen LogP contribution in [0.4, 0.5) is 23.2 Å². The van der Waals surface area contributed by atoms with E-state index in [1.54, 1.807) is 12.1 Å². The molecule has 1 aliphatic heterocycles. The van der Waals surface area contributed by atoms with Crippen molar-refractivity contribution in [3.8, 4) is 11.8 Å². The molecule has 1 aromatic carbocycles. The number of rotatable bonds is 1. The molecule has 2 aromatic rings. The molecule has 5 nitrogen and oxygen atoms in total. The van der Waals surface area contributed by atoms with Crippen molar-refractivity contribution in [2.24, 2.45) is 0 Å². The summed E-state index contributed by atoms with van der Waals surface area (Å²) in [6.07, 6.45) is -3.75. The van der Waals surface area contributed by atoms with Crippen molar-refractivity contribution < 1.29 is 22.7 Å². The molecule has 2 heterocycles. The molecule has 0 amide bonds. The van der Waals surface area contributed by atoms with Crippen molar-refractivity contribution in [3.05, 3.63) is 53.6 Å². The molecule has 0 saturated carbocycles. The van der Waals surface area contributed by atoms with Crippen LogP contribution < -0.4 is 10.2 Å². The number of thiocarbonyl (C=S) groups is 1. The highest BCUT2D eigenvalue weighted by atomic mass is 32.1. The quantitative estimate of drug-likeness (QED) is 0.545. The monoisotopic (exact) mass is 412 g/mol. The average molecular weight is 412 g/mol. The van der Waals surface area contributed by atoms with E-state index in [4.69, 9.17) is 22.6 Å². The summed E-state index contributed by atoms with van der Waals surface area (Å²) in [5, 5.41) is 20.4. The molecule has 1 aliphatic rings. The topological polar surface area (TPSA) is 72.2 Å². The van der Waals surface area contributed by atoms with Crippen molar-refractivity contribution in [2.75, 3.05) is 11.6 Å². The second kappa shape index (κ2) is 7.98. The van der Waals surface area contributed by atoms with E-state index in [1.807, 2.05) is 18.7 Å². The fourth-order valence-corrected chi connectivity index (χ4v) is 2.57. The molecule has 28 heavy (non-hydrogen) atoms. The third-order valence-electron chi connectivity index (χ3n) is 4.08. The van der Waals surface area contributed by atoms with Crippen molar-refractivity contribution in [2.45, 2.75) is 25.6 Å². The van der Waals surface area contributed by atoms with Gasteiger partial charge in [-0.25, -0.2) is 9.37 Å². The molecule has 1 aromatic heterocycles. The minimum Gasteiger partial charge on any atom is -0.505 e. The van der Waals surface area contributed by atoms with Crippen LogP contribution in [0.1, 0.15) is 25.1 Å². The van der Waals surface area contributed by atoms with Crippen molar-refractivity contribution in [1.29, 1.82) is 5.26 Å². The van der Waals surface area contributed by atoms with E-state index in [0.29, 0.717) is 18.6 Å². The van der Waals surface area contributed by atoms with Crippen LogP contribution in [0, 0.1) is 17.1 Å². The molecule has 0 radical (unpaired) electrons. The number of nitrogens with one attached hydrogen (secondary N) is 1. The molecule has 3 rings (SSSR count). The number of benzene rings is 1. The van der Waals surface area contributed by atoms with Gasteiger partial charge in [0.2, 0.25) is 0 Å². The first-order chi connectivity index (χ1) is 13.0. The Bertz CT molecular complexity index is 907. The summed E-state index contributed by atoms with van der Waals surface area (Å²) in [7, 11) is 0. The highest BCUT2D eigenvalue weighted by Gasteiger charge is 2.37. The molecule has 0 bridgehead atoms. The van der Waals surface area contributed by atoms with Crippen LogP contribution in [-0.4, -0.2) is 27.3 Å². The Kier molecular flexibility index (Phi) is 6.09. The summed E-state index contributed by atoms with van der Waals surface area (Å²) in [4.78, 5) is 5.98. The Labute approximate surface area is 164 Å². The van der Waals surface area contributed by atoms with E-state index in [2.05, 4.69) is 10.3 Å². The maximum atomic E-state index is 13.3. The van der Waals surface area contributed by atoms with E-state index in [9.17, 15) is 17.6 Å². The molecule has 0 spiro atoms. The Balaban J connectivity index is 0.000000209. The summed E-state index contributed by atoms with van der Waals surface area (Å²) in [5.74, 6) is -0.956. The van der Waals surface area contributed by atoms with Crippen molar-refractivity contribution >= 4 is 22.9 Å². The fourth-order valence-electron chi connectivity index (χ4n) is 2.39. The lowest BCUT2D eigenvalue weighted by Gasteiger charge is -2.31. The van der Waals surface area contributed by atoms with Crippen molar-refractivity contribution in [3.63, 3.8) is 0 Å². The number of alkyl halides is 3. The van der Waals surface area contributed by atoms with E-state index >= 15 is 0 Å². The molecule has 10 heteroatoms. The number of hydrogen-bond acceptors (Lipinski definition) is 5. The van der Waals surface area contributed by atoms with Gasteiger partial charge in [0.05, 0.1) is 17.8 Å². The first-order valence-electron chi connectivity index (χ1n) is 7.94. The summed E-state index contributed by atoms with van der Waals surface area (Å²) in [6, 6.07) is 7.82. The van der Waals surface area contributed by atoms with Gasteiger partial charge < -0.3 is 15.3 Å². The Hall–Kier alpha value is -2.93. The van der Waals surface area contributed by atoms with E-state index in [0.717, 1.165) is 17.1 Å². The molecular weight excluding hydrogens is 396 g/mol. The molecule has 0 atom stereocenters. The van der Waals surface area contributed by atoms with Gasteiger partial charge >= 0.3 is 6.18 Å². The first-order valence-corrected chi connectivity index (χ1v) is 8.35. The highest BCUT2D eigenvalue weighted by Crippen LogP contribution is 2.30. The van der Waals surface area contributed by atoms with Gasteiger partial charge in [-0.3, -0.25) is 0 Å². The van der Waals surface area contributed by atoms with E-state index in [-0.39, 0.29) is 17.0 Å². The van der Waals surface area contributed by atoms with Gasteiger partial charge in [0.1, 0.15) is 16.8 Å². The summed E-state index contributed by atoms with van der Waals surface area (Å²) < 4.78 is 49.0. The lowest BCUT2D eigenvalue weighted by molar-refractivity contribution is -0.137. The van der Waals surface area contributed by atoms with Gasteiger partial charge in [-0.15, -0.1) is 0 Å². The van der Waals surface area contributed by atoms with E-state index < -0.39 is 17.6 Å². The smallest absolute Gasteiger partial charge is 0.417 e. The van der Waals surface area contributed by atoms with Gasteiger partial charge in [0.15, 0.2) is 11.6 Å². The number of nitriles is 1. The van der Waals surface area contributed by atoms with Crippen LogP contribution in [0.2, 0.25) is 0 Å². The number of halogens is 4. The predicted octanol–water partition coefficient (Wildman–Crippen LogP) is 3.98. The lowest BCUT2D eigenvalue weighted by atomic mass is 10.0. The molecular formula is C18H16F4N4OS. The normalized spacial score (nSPS) is 15.3. The minimum atomic E-state index is -4.39. The fraction of sp³-hybridized carbons (Fsp3) is 0.278. The number of phenolic OH excluding ortho intramolecular Hbond substituents is 1. The molecule has 148 valence electrons. The van der Waals surface area contributed by atoms with Crippen LogP contribution in [0.5, 0.6) is 5.75 Å². The summed E-state index contributed by atoms with van der Waals surface area (Å²) >= 11 is 5.19. The van der Waals surface area contributed by atoms with Gasteiger partial charge in [-0.2, -0.15) is 18.4 Å². The molecule has 0 aliphatic carbocycles. The largest absolute Gasteiger partial charge is 0.505 e. The van der Waals surface area contributed by atoms with Crippen LogP contribution in [0.25, 0.3) is 0 Å². The third kappa shape index (κ3) is 4.67. The van der Waals surface area contributed by atoms with Crippen LogP contribution in [0.15, 0.2) is 36.5 Å². The first kappa shape index (κ1) is 21.4. The maximum absolute atomic E-state index is 13.3. The minimum absolute atomic E-state index is 0.0250. The van der Waals surface area contributed by atoms with Gasteiger partial charge in [-0.05, 0) is 38.1 Å². The standard InChI is InChI=1S/C11H13FN2OS.C7H3F3N2/c1-11(2)10(16)13-6-14(11)7-3-4-9(15)8(12)5-7;8-7(9,10)5-1-2-6(3-11)12-4-5/h3-5,15H,6H2,1-2H3,(H,13,16);1-2,4H. The van der Waals surface area contributed by atoms with Crippen molar-refractivity contribution in [1.82, 2.24) is 10.3 Å². The number of phenols is 1. The van der Waals surface area contributed by atoms with E-state index in [1.165, 1.54) is 12.1 Å².